The van der Waals surface area contributed by atoms with Gasteiger partial charge in [0.2, 0.25) is 0 Å². The minimum Gasteiger partial charge on any atom is -0.493 e. The van der Waals surface area contributed by atoms with Gasteiger partial charge in [-0.25, -0.2) is 4.98 Å². The second-order valence-corrected chi connectivity index (χ2v) is 7.73. The third-order valence-corrected chi connectivity index (χ3v) is 5.84. The number of nitrogens with one attached hydrogen (secondary N) is 1. The van der Waals surface area contributed by atoms with Gasteiger partial charge in [0, 0.05) is 30.5 Å². The average Bonchev–Trinajstić information content (AvgIpc) is 2.99. The number of para-hydroxylation sites is 1. The lowest BCUT2D eigenvalue weighted by Crippen LogP contribution is -2.32. The molecule has 0 unspecified atom stereocenters. The minimum atomic E-state index is -0.162. The number of aryl methyl sites for hydroxylation is 1. The molecule has 0 radical (unpaired) electrons. The van der Waals surface area contributed by atoms with Crippen LogP contribution in [-0.2, 0) is 13.0 Å². The van der Waals surface area contributed by atoms with E-state index in [4.69, 9.17) is 9.72 Å². The summed E-state index contributed by atoms with van der Waals surface area (Å²) >= 11 is 0. The van der Waals surface area contributed by atoms with Crippen LogP contribution in [0.25, 0.3) is 10.9 Å². The van der Waals surface area contributed by atoms with Gasteiger partial charge in [-0.1, -0.05) is 24.6 Å². The Morgan fingerprint density at radius 1 is 1.14 bits per heavy atom. The zero-order valence-electron chi connectivity index (χ0n) is 16.2. The van der Waals surface area contributed by atoms with Crippen LogP contribution in [0.1, 0.15) is 53.5 Å². The molecule has 1 atom stereocenters. The van der Waals surface area contributed by atoms with Crippen molar-refractivity contribution < 1.29 is 9.53 Å². The zero-order chi connectivity index (χ0) is 19.8. The van der Waals surface area contributed by atoms with Gasteiger partial charge in [0.05, 0.1) is 23.6 Å². The van der Waals surface area contributed by atoms with E-state index in [1.165, 1.54) is 0 Å². The normalized spacial score (nSPS) is 18.3. The molecule has 2 aliphatic heterocycles. The van der Waals surface area contributed by atoms with Gasteiger partial charge in [-0.05, 0) is 37.1 Å². The number of hydrogen-bond donors (Lipinski definition) is 1. The van der Waals surface area contributed by atoms with E-state index in [1.54, 1.807) is 22.8 Å². The Kier molecular flexibility index (Phi) is 4.54. The van der Waals surface area contributed by atoms with Crippen molar-refractivity contribution in [3.63, 3.8) is 0 Å². The standard InChI is InChI=1S/C23H23N3O3/c27-22(25-18-11-13-29-20-7-4-3-6-16(18)20)15-9-10-17-19(14-15)24-21-8-2-1-5-12-26(21)23(17)28/h3-4,6-7,9-10,14,18H,1-2,5,8,11-13H2,(H,25,27)/t18-/m1/s1. The quantitative estimate of drug-likeness (QED) is 0.729. The van der Waals surface area contributed by atoms with Crippen LogP contribution in [0.4, 0.5) is 0 Å². The van der Waals surface area contributed by atoms with E-state index < -0.39 is 0 Å². The second kappa shape index (κ2) is 7.35. The Bertz CT molecular complexity index is 1150. The summed E-state index contributed by atoms with van der Waals surface area (Å²) in [4.78, 5) is 30.5. The third-order valence-electron chi connectivity index (χ3n) is 5.84. The highest BCUT2D eigenvalue weighted by molar-refractivity contribution is 5.97. The van der Waals surface area contributed by atoms with Crippen molar-refractivity contribution in [3.05, 3.63) is 69.8 Å². The van der Waals surface area contributed by atoms with Gasteiger partial charge in [-0.3, -0.25) is 14.2 Å². The highest BCUT2D eigenvalue weighted by Crippen LogP contribution is 2.31. The van der Waals surface area contributed by atoms with Crippen LogP contribution in [0.15, 0.2) is 47.3 Å². The summed E-state index contributed by atoms with van der Waals surface area (Å²) < 4.78 is 7.48. The van der Waals surface area contributed by atoms with Crippen LogP contribution in [0.5, 0.6) is 5.75 Å². The minimum absolute atomic E-state index is 0.00258. The summed E-state index contributed by atoms with van der Waals surface area (Å²) in [5, 5.41) is 3.69. The highest BCUT2D eigenvalue weighted by atomic mass is 16.5. The van der Waals surface area contributed by atoms with Crippen molar-refractivity contribution in [1.82, 2.24) is 14.9 Å². The number of carbonyl (C=O) groups excluding carboxylic acids is 1. The lowest BCUT2D eigenvalue weighted by atomic mass is 10.00. The fourth-order valence-corrected chi connectivity index (χ4v) is 4.29. The van der Waals surface area contributed by atoms with E-state index >= 15 is 0 Å². The first-order valence-corrected chi connectivity index (χ1v) is 10.3. The first kappa shape index (κ1) is 17.9. The summed E-state index contributed by atoms with van der Waals surface area (Å²) in [6, 6.07) is 12.9. The van der Waals surface area contributed by atoms with Crippen LogP contribution >= 0.6 is 0 Å². The Balaban J connectivity index is 1.46. The van der Waals surface area contributed by atoms with E-state index in [0.717, 1.165) is 55.8 Å². The number of aromatic nitrogens is 2. The first-order chi connectivity index (χ1) is 14.2. The molecule has 0 aliphatic carbocycles. The van der Waals surface area contributed by atoms with Crippen molar-refractivity contribution >= 4 is 16.8 Å². The largest absolute Gasteiger partial charge is 0.493 e. The van der Waals surface area contributed by atoms with Crippen molar-refractivity contribution in [3.8, 4) is 5.75 Å². The zero-order valence-corrected chi connectivity index (χ0v) is 16.2. The molecule has 5 rings (SSSR count). The van der Waals surface area contributed by atoms with E-state index in [-0.39, 0.29) is 17.5 Å². The Hall–Kier alpha value is -3.15. The van der Waals surface area contributed by atoms with Crippen LogP contribution < -0.4 is 15.6 Å². The monoisotopic (exact) mass is 389 g/mol. The summed E-state index contributed by atoms with van der Waals surface area (Å²) in [6.07, 6.45) is 4.69. The number of rotatable bonds is 2. The van der Waals surface area contributed by atoms with Crippen molar-refractivity contribution in [2.45, 2.75) is 44.7 Å². The number of carbonyl (C=O) groups is 1. The second-order valence-electron chi connectivity index (χ2n) is 7.73. The molecular weight excluding hydrogens is 366 g/mol. The highest BCUT2D eigenvalue weighted by Gasteiger charge is 2.23. The molecule has 3 aromatic rings. The van der Waals surface area contributed by atoms with Crippen LogP contribution in [-0.4, -0.2) is 22.1 Å². The lowest BCUT2D eigenvalue weighted by molar-refractivity contribution is 0.0925. The molecule has 148 valence electrons. The van der Waals surface area contributed by atoms with E-state index in [2.05, 4.69) is 5.32 Å². The van der Waals surface area contributed by atoms with Crippen LogP contribution in [0.2, 0.25) is 0 Å². The Morgan fingerprint density at radius 2 is 2.03 bits per heavy atom. The number of amides is 1. The van der Waals surface area contributed by atoms with Gasteiger partial charge in [-0.15, -0.1) is 0 Å². The topological polar surface area (TPSA) is 73.2 Å². The molecule has 2 aliphatic rings. The van der Waals surface area contributed by atoms with Crippen LogP contribution in [0, 0.1) is 0 Å². The molecule has 0 spiro atoms. The van der Waals surface area contributed by atoms with E-state index in [0.29, 0.717) is 23.1 Å². The van der Waals surface area contributed by atoms with Gasteiger partial charge in [0.25, 0.3) is 11.5 Å². The molecule has 6 nitrogen and oxygen atoms in total. The van der Waals surface area contributed by atoms with Gasteiger partial charge < -0.3 is 10.1 Å². The molecule has 1 aromatic heterocycles. The fraction of sp³-hybridized carbons (Fsp3) is 0.348. The number of nitrogens with zero attached hydrogens (tertiary/aromatic N) is 2. The maximum Gasteiger partial charge on any atom is 0.261 e. The molecule has 1 N–H and O–H groups in total. The molecule has 29 heavy (non-hydrogen) atoms. The number of hydrogen-bond acceptors (Lipinski definition) is 4. The number of ether oxygens (including phenoxy) is 1. The summed E-state index contributed by atoms with van der Waals surface area (Å²) in [5.74, 6) is 1.49. The van der Waals surface area contributed by atoms with Crippen LogP contribution in [0.3, 0.4) is 0 Å². The molecule has 3 heterocycles. The fourth-order valence-electron chi connectivity index (χ4n) is 4.29. The molecule has 0 bridgehead atoms. The van der Waals surface area contributed by atoms with Gasteiger partial charge in [-0.2, -0.15) is 0 Å². The molecule has 0 saturated carbocycles. The van der Waals surface area contributed by atoms with Crippen molar-refractivity contribution in [2.24, 2.45) is 0 Å². The predicted molar refractivity (Wildman–Crippen MR) is 110 cm³/mol. The Morgan fingerprint density at radius 3 is 2.97 bits per heavy atom. The molecule has 2 aromatic carbocycles. The molecule has 1 amide bonds. The smallest absolute Gasteiger partial charge is 0.261 e. The van der Waals surface area contributed by atoms with E-state index in [1.807, 2.05) is 24.3 Å². The SMILES string of the molecule is O=C(N[C@@H]1CCOc2ccccc21)c1ccc2c(=O)n3c(nc2c1)CCCCC3. The van der Waals surface area contributed by atoms with Gasteiger partial charge in [0.1, 0.15) is 11.6 Å². The summed E-state index contributed by atoms with van der Waals surface area (Å²) in [5.41, 5.74) is 2.11. The molecule has 0 fully saturated rings. The Labute approximate surface area is 168 Å². The summed E-state index contributed by atoms with van der Waals surface area (Å²) in [6.45, 7) is 1.30. The predicted octanol–water partition coefficient (Wildman–Crippen LogP) is 3.38. The van der Waals surface area contributed by atoms with Crippen molar-refractivity contribution in [2.75, 3.05) is 6.61 Å². The van der Waals surface area contributed by atoms with Gasteiger partial charge >= 0.3 is 0 Å². The maximum absolute atomic E-state index is 12.9. The number of benzene rings is 2. The van der Waals surface area contributed by atoms with Gasteiger partial charge in [0.15, 0.2) is 0 Å². The maximum atomic E-state index is 12.9. The first-order valence-electron chi connectivity index (χ1n) is 10.3. The van der Waals surface area contributed by atoms with Crippen molar-refractivity contribution in [1.29, 1.82) is 0 Å². The van der Waals surface area contributed by atoms with E-state index in [9.17, 15) is 9.59 Å². The molecule has 6 heteroatoms. The molecule has 0 saturated heterocycles. The third kappa shape index (κ3) is 3.28. The number of fused-ring (bicyclic) bond motifs is 3. The molecular formula is C23H23N3O3. The summed E-state index contributed by atoms with van der Waals surface area (Å²) in [7, 11) is 0. The lowest BCUT2D eigenvalue weighted by Gasteiger charge is -2.26. The average molecular weight is 389 g/mol.